The Kier molecular flexibility index (Phi) is 5.59. The molecule has 0 radical (unpaired) electrons. The van der Waals surface area contributed by atoms with Gasteiger partial charge in [0.25, 0.3) is 5.69 Å². The van der Waals surface area contributed by atoms with E-state index in [4.69, 9.17) is 0 Å². The highest BCUT2D eigenvalue weighted by molar-refractivity contribution is 5.93. The van der Waals surface area contributed by atoms with Gasteiger partial charge in [-0.15, -0.1) is 0 Å². The summed E-state index contributed by atoms with van der Waals surface area (Å²) in [4.78, 5) is 32.9. The Morgan fingerprint density at radius 1 is 1.43 bits per heavy atom. The van der Waals surface area contributed by atoms with E-state index in [1.165, 1.54) is 33.1 Å². The monoisotopic (exact) mass is 292 g/mol. The first kappa shape index (κ1) is 16.4. The minimum Gasteiger partial charge on any atom is -0.465 e. The summed E-state index contributed by atoms with van der Waals surface area (Å²) in [5, 5.41) is 13.6. The van der Waals surface area contributed by atoms with Gasteiger partial charge in [0.15, 0.2) is 0 Å². The summed E-state index contributed by atoms with van der Waals surface area (Å²) in [6.07, 6.45) is 3.23. The number of carbonyl (C=O) groups is 2. The smallest absolute Gasteiger partial charge is 0.338 e. The molecule has 0 spiro atoms. The molecule has 0 aliphatic rings. The Hall–Kier alpha value is -2.70. The SMILES string of the molecule is COC(=O)c1cc(C=CCNC(C)=O)cc([N+](=O)[O-])c1C. The summed E-state index contributed by atoms with van der Waals surface area (Å²) >= 11 is 0. The molecule has 1 amide bonds. The van der Waals surface area contributed by atoms with E-state index in [0.717, 1.165) is 0 Å². The number of ether oxygens (including phenoxy) is 1. The van der Waals surface area contributed by atoms with Gasteiger partial charge in [0.05, 0.1) is 17.6 Å². The van der Waals surface area contributed by atoms with Gasteiger partial charge >= 0.3 is 5.97 Å². The zero-order valence-corrected chi connectivity index (χ0v) is 12.0. The van der Waals surface area contributed by atoms with Crippen molar-refractivity contribution in [3.8, 4) is 0 Å². The third kappa shape index (κ3) is 4.41. The molecule has 0 unspecified atom stereocenters. The largest absolute Gasteiger partial charge is 0.465 e. The Bertz CT molecular complexity index is 608. The molecule has 1 aromatic rings. The topological polar surface area (TPSA) is 98.5 Å². The highest BCUT2D eigenvalue weighted by Gasteiger charge is 2.20. The quantitative estimate of drug-likeness (QED) is 0.507. The van der Waals surface area contributed by atoms with Gasteiger partial charge in [-0.05, 0) is 18.6 Å². The molecule has 0 heterocycles. The van der Waals surface area contributed by atoms with E-state index in [9.17, 15) is 19.7 Å². The Morgan fingerprint density at radius 2 is 2.10 bits per heavy atom. The molecule has 112 valence electrons. The second-order valence-electron chi connectivity index (χ2n) is 4.30. The molecule has 21 heavy (non-hydrogen) atoms. The van der Waals surface area contributed by atoms with E-state index >= 15 is 0 Å². The number of nitrogens with one attached hydrogen (secondary N) is 1. The number of nitro groups is 1. The first-order valence-corrected chi connectivity index (χ1v) is 6.15. The van der Waals surface area contributed by atoms with Crippen LogP contribution in [0.3, 0.4) is 0 Å². The number of nitro benzene ring substituents is 1. The third-order valence-electron chi connectivity index (χ3n) is 2.78. The fourth-order valence-corrected chi connectivity index (χ4v) is 1.73. The van der Waals surface area contributed by atoms with E-state index in [1.54, 1.807) is 12.2 Å². The summed E-state index contributed by atoms with van der Waals surface area (Å²) in [6, 6.07) is 2.88. The lowest BCUT2D eigenvalue weighted by atomic mass is 10.0. The van der Waals surface area contributed by atoms with Crippen LogP contribution < -0.4 is 5.32 Å². The number of hydrogen-bond acceptors (Lipinski definition) is 5. The van der Waals surface area contributed by atoms with Gasteiger partial charge in [-0.3, -0.25) is 14.9 Å². The summed E-state index contributed by atoms with van der Waals surface area (Å²) in [6.45, 7) is 3.18. The standard InChI is InChI=1S/C14H16N2O5/c1-9-12(14(18)21-3)7-11(8-13(9)16(19)20)5-4-6-15-10(2)17/h4-5,7-8H,6H2,1-3H3,(H,15,17). The van der Waals surface area contributed by atoms with Crippen molar-refractivity contribution in [3.05, 3.63) is 45.0 Å². The summed E-state index contributed by atoms with van der Waals surface area (Å²) < 4.78 is 4.62. The minimum absolute atomic E-state index is 0.144. The number of benzene rings is 1. The highest BCUT2D eigenvalue weighted by atomic mass is 16.6. The molecule has 0 aliphatic heterocycles. The number of hydrogen-bond donors (Lipinski definition) is 1. The predicted molar refractivity (Wildman–Crippen MR) is 76.9 cm³/mol. The van der Waals surface area contributed by atoms with Crippen LogP contribution in [-0.4, -0.2) is 30.5 Å². The zero-order valence-electron chi connectivity index (χ0n) is 12.0. The number of carbonyl (C=O) groups excluding carboxylic acids is 2. The summed E-state index contributed by atoms with van der Waals surface area (Å²) in [5.74, 6) is -0.808. The second-order valence-corrected chi connectivity index (χ2v) is 4.30. The average molecular weight is 292 g/mol. The van der Waals surface area contributed by atoms with Crippen LogP contribution in [0.1, 0.15) is 28.4 Å². The molecule has 0 fully saturated rings. The van der Waals surface area contributed by atoms with E-state index < -0.39 is 10.9 Å². The van der Waals surface area contributed by atoms with Gasteiger partial charge in [-0.1, -0.05) is 12.2 Å². The van der Waals surface area contributed by atoms with Crippen molar-refractivity contribution in [2.75, 3.05) is 13.7 Å². The van der Waals surface area contributed by atoms with Gasteiger partial charge < -0.3 is 10.1 Å². The van der Waals surface area contributed by atoms with Crippen molar-refractivity contribution in [1.82, 2.24) is 5.32 Å². The maximum atomic E-state index is 11.7. The third-order valence-corrected chi connectivity index (χ3v) is 2.78. The van der Waals surface area contributed by atoms with Crippen molar-refractivity contribution in [3.63, 3.8) is 0 Å². The van der Waals surface area contributed by atoms with Crippen molar-refractivity contribution in [2.45, 2.75) is 13.8 Å². The van der Waals surface area contributed by atoms with Crippen LogP contribution in [0.4, 0.5) is 5.69 Å². The maximum Gasteiger partial charge on any atom is 0.338 e. The molecule has 0 bridgehead atoms. The van der Waals surface area contributed by atoms with E-state index in [2.05, 4.69) is 10.1 Å². The lowest BCUT2D eigenvalue weighted by Crippen LogP contribution is -2.19. The molecule has 1 N–H and O–H groups in total. The zero-order chi connectivity index (χ0) is 16.0. The van der Waals surface area contributed by atoms with Crippen LogP contribution in [0.5, 0.6) is 0 Å². The van der Waals surface area contributed by atoms with Gasteiger partial charge in [-0.25, -0.2) is 4.79 Å². The minimum atomic E-state index is -0.632. The Morgan fingerprint density at radius 3 is 2.62 bits per heavy atom. The number of nitrogens with zero attached hydrogens (tertiary/aromatic N) is 1. The van der Waals surface area contributed by atoms with Crippen LogP contribution in [0.25, 0.3) is 6.08 Å². The number of rotatable bonds is 5. The average Bonchev–Trinajstić information content (AvgIpc) is 2.43. The van der Waals surface area contributed by atoms with Crippen LogP contribution in [-0.2, 0) is 9.53 Å². The summed E-state index contributed by atoms with van der Waals surface area (Å²) in [5.41, 5.74) is 0.729. The summed E-state index contributed by atoms with van der Waals surface area (Å²) in [7, 11) is 1.22. The van der Waals surface area contributed by atoms with Crippen LogP contribution in [0.2, 0.25) is 0 Å². The fourth-order valence-electron chi connectivity index (χ4n) is 1.73. The Labute approximate surface area is 121 Å². The number of methoxy groups -OCH3 is 1. The van der Waals surface area contributed by atoms with Crippen molar-refractivity contribution in [2.24, 2.45) is 0 Å². The molecule has 7 nitrogen and oxygen atoms in total. The van der Waals surface area contributed by atoms with Gasteiger partial charge in [0.1, 0.15) is 0 Å². The number of esters is 1. The lowest BCUT2D eigenvalue weighted by Gasteiger charge is -2.06. The number of amides is 1. The Balaban J connectivity index is 3.15. The molecule has 1 aromatic carbocycles. The van der Waals surface area contributed by atoms with E-state index in [1.807, 2.05) is 0 Å². The molecule has 0 atom stereocenters. The molecule has 7 heteroatoms. The van der Waals surface area contributed by atoms with Crippen LogP contribution in [0, 0.1) is 17.0 Å². The van der Waals surface area contributed by atoms with E-state index in [0.29, 0.717) is 12.1 Å². The highest BCUT2D eigenvalue weighted by Crippen LogP contribution is 2.25. The molecule has 0 saturated carbocycles. The maximum absolute atomic E-state index is 11.7. The van der Waals surface area contributed by atoms with Crippen molar-refractivity contribution >= 4 is 23.6 Å². The predicted octanol–water partition coefficient (Wildman–Crippen LogP) is 1.84. The van der Waals surface area contributed by atoms with Crippen LogP contribution in [0.15, 0.2) is 18.2 Å². The van der Waals surface area contributed by atoms with Gasteiger partial charge in [-0.2, -0.15) is 0 Å². The molecule has 1 rings (SSSR count). The second kappa shape index (κ2) is 7.18. The molecule has 0 aliphatic carbocycles. The first-order chi connectivity index (χ1) is 9.86. The lowest BCUT2D eigenvalue weighted by molar-refractivity contribution is -0.385. The molecule has 0 aromatic heterocycles. The molecular formula is C14H16N2O5. The van der Waals surface area contributed by atoms with Gasteiger partial charge in [0, 0.05) is 25.1 Å². The first-order valence-electron chi connectivity index (χ1n) is 6.15. The molecule has 0 saturated heterocycles. The molecular weight excluding hydrogens is 276 g/mol. The van der Waals surface area contributed by atoms with Gasteiger partial charge in [0.2, 0.25) is 5.91 Å². The van der Waals surface area contributed by atoms with E-state index in [-0.39, 0.29) is 22.7 Å². The van der Waals surface area contributed by atoms with Crippen LogP contribution >= 0.6 is 0 Å². The fraction of sp³-hybridized carbons (Fsp3) is 0.286. The van der Waals surface area contributed by atoms with Crippen molar-refractivity contribution < 1.29 is 19.2 Å². The normalized spacial score (nSPS) is 10.4. The van der Waals surface area contributed by atoms with Crippen molar-refractivity contribution in [1.29, 1.82) is 0 Å².